The Balaban J connectivity index is 1.79. The summed E-state index contributed by atoms with van der Waals surface area (Å²) in [4.78, 5) is 28.2. The summed E-state index contributed by atoms with van der Waals surface area (Å²) in [6.07, 6.45) is 0. The number of benzene rings is 2. The van der Waals surface area contributed by atoms with E-state index in [1.54, 1.807) is 9.80 Å². The molecule has 0 spiro atoms. The standard InChI is InChI=1S/C19H20N2O3/c1-24-18(22)17-14-20(12-15-8-4-2-5-9-15)19(23)21(17)13-16-10-6-3-7-11-16/h2-11,17H,12-14H2,1H3/t17-/m0/s1. The summed E-state index contributed by atoms with van der Waals surface area (Å²) in [5, 5.41) is 0. The number of esters is 1. The Morgan fingerprint density at radius 3 is 2.08 bits per heavy atom. The molecule has 2 aromatic carbocycles. The van der Waals surface area contributed by atoms with E-state index in [1.807, 2.05) is 60.7 Å². The maximum Gasteiger partial charge on any atom is 0.330 e. The fourth-order valence-electron chi connectivity index (χ4n) is 2.93. The van der Waals surface area contributed by atoms with Crippen LogP contribution in [0.2, 0.25) is 0 Å². The Hall–Kier alpha value is -2.82. The molecule has 1 aliphatic heterocycles. The van der Waals surface area contributed by atoms with Crippen LogP contribution in [0, 0.1) is 0 Å². The Kier molecular flexibility index (Phi) is 4.79. The number of amides is 2. The quantitative estimate of drug-likeness (QED) is 0.795. The van der Waals surface area contributed by atoms with Crippen LogP contribution in [0.1, 0.15) is 11.1 Å². The number of urea groups is 1. The Morgan fingerprint density at radius 2 is 1.54 bits per heavy atom. The number of methoxy groups -OCH3 is 1. The van der Waals surface area contributed by atoms with E-state index in [0.717, 1.165) is 11.1 Å². The molecule has 0 N–H and O–H groups in total. The maximum atomic E-state index is 12.8. The molecule has 0 aliphatic carbocycles. The smallest absolute Gasteiger partial charge is 0.330 e. The normalized spacial score (nSPS) is 17.2. The van der Waals surface area contributed by atoms with E-state index in [9.17, 15) is 9.59 Å². The minimum absolute atomic E-state index is 0.141. The van der Waals surface area contributed by atoms with Gasteiger partial charge in [0.05, 0.1) is 13.7 Å². The molecule has 1 atom stereocenters. The molecule has 2 aromatic rings. The average molecular weight is 324 g/mol. The summed E-state index contributed by atoms with van der Waals surface area (Å²) in [6.45, 7) is 1.22. The van der Waals surface area contributed by atoms with Crippen molar-refractivity contribution in [1.82, 2.24) is 9.80 Å². The second-order valence-electron chi connectivity index (χ2n) is 5.80. The lowest BCUT2D eigenvalue weighted by molar-refractivity contribution is -0.145. The van der Waals surface area contributed by atoms with Crippen molar-refractivity contribution in [2.24, 2.45) is 0 Å². The SMILES string of the molecule is COC(=O)[C@@H]1CN(Cc2ccccc2)C(=O)N1Cc1ccccc1. The van der Waals surface area contributed by atoms with Crippen molar-refractivity contribution < 1.29 is 14.3 Å². The molecule has 1 heterocycles. The van der Waals surface area contributed by atoms with E-state index < -0.39 is 6.04 Å². The van der Waals surface area contributed by atoms with Gasteiger partial charge >= 0.3 is 12.0 Å². The monoisotopic (exact) mass is 324 g/mol. The van der Waals surface area contributed by atoms with Crippen LogP contribution in [0.15, 0.2) is 60.7 Å². The Morgan fingerprint density at radius 1 is 1.00 bits per heavy atom. The maximum absolute atomic E-state index is 12.8. The van der Waals surface area contributed by atoms with Crippen LogP contribution in [-0.2, 0) is 22.6 Å². The third kappa shape index (κ3) is 3.40. The van der Waals surface area contributed by atoms with Gasteiger partial charge in [0.1, 0.15) is 6.04 Å². The largest absolute Gasteiger partial charge is 0.467 e. The first-order valence-corrected chi connectivity index (χ1v) is 7.90. The number of ether oxygens (including phenoxy) is 1. The van der Waals surface area contributed by atoms with Crippen LogP contribution < -0.4 is 0 Å². The molecule has 1 aliphatic rings. The number of carbonyl (C=O) groups excluding carboxylic acids is 2. The van der Waals surface area contributed by atoms with Gasteiger partial charge in [0.25, 0.3) is 0 Å². The average Bonchev–Trinajstić information content (AvgIpc) is 2.92. The van der Waals surface area contributed by atoms with Crippen LogP contribution in [0.5, 0.6) is 0 Å². The molecule has 5 heteroatoms. The minimum atomic E-state index is -0.577. The summed E-state index contributed by atoms with van der Waals surface area (Å²) < 4.78 is 4.89. The van der Waals surface area contributed by atoms with Crippen molar-refractivity contribution in [3.05, 3.63) is 71.8 Å². The van der Waals surface area contributed by atoms with Crippen LogP contribution in [0.3, 0.4) is 0 Å². The van der Waals surface area contributed by atoms with Crippen LogP contribution in [0.25, 0.3) is 0 Å². The second-order valence-corrected chi connectivity index (χ2v) is 5.80. The van der Waals surface area contributed by atoms with Gasteiger partial charge in [0, 0.05) is 13.1 Å². The number of carbonyl (C=O) groups is 2. The highest BCUT2D eigenvalue weighted by Crippen LogP contribution is 2.22. The molecule has 24 heavy (non-hydrogen) atoms. The fraction of sp³-hybridized carbons (Fsp3) is 0.263. The minimum Gasteiger partial charge on any atom is -0.467 e. The number of nitrogens with zero attached hydrogens (tertiary/aromatic N) is 2. The highest BCUT2D eigenvalue weighted by Gasteiger charge is 2.41. The molecule has 3 rings (SSSR count). The van der Waals surface area contributed by atoms with Crippen molar-refractivity contribution in [1.29, 1.82) is 0 Å². The van der Waals surface area contributed by atoms with E-state index in [2.05, 4.69) is 0 Å². The van der Waals surface area contributed by atoms with E-state index in [-0.39, 0.29) is 12.0 Å². The van der Waals surface area contributed by atoms with E-state index in [0.29, 0.717) is 19.6 Å². The lowest BCUT2D eigenvalue weighted by Crippen LogP contribution is -2.39. The highest BCUT2D eigenvalue weighted by molar-refractivity contribution is 5.87. The van der Waals surface area contributed by atoms with E-state index >= 15 is 0 Å². The molecule has 0 radical (unpaired) electrons. The van der Waals surface area contributed by atoms with Crippen molar-refractivity contribution in [2.75, 3.05) is 13.7 Å². The number of hydrogen-bond donors (Lipinski definition) is 0. The first-order chi connectivity index (χ1) is 11.7. The molecule has 1 fully saturated rings. The molecule has 0 aromatic heterocycles. The van der Waals surface area contributed by atoms with Crippen LogP contribution in [0.4, 0.5) is 4.79 Å². The molecular formula is C19H20N2O3. The van der Waals surface area contributed by atoms with Gasteiger partial charge < -0.3 is 14.5 Å². The molecule has 2 amide bonds. The first kappa shape index (κ1) is 16.1. The predicted octanol–water partition coefficient (Wildman–Crippen LogP) is 2.67. The number of rotatable bonds is 5. The highest BCUT2D eigenvalue weighted by atomic mass is 16.5. The zero-order valence-corrected chi connectivity index (χ0v) is 13.6. The van der Waals surface area contributed by atoms with Crippen molar-refractivity contribution in [2.45, 2.75) is 19.1 Å². The first-order valence-electron chi connectivity index (χ1n) is 7.90. The molecule has 124 valence electrons. The zero-order chi connectivity index (χ0) is 16.9. The predicted molar refractivity (Wildman–Crippen MR) is 90.0 cm³/mol. The lowest BCUT2D eigenvalue weighted by atomic mass is 10.2. The van der Waals surface area contributed by atoms with Crippen molar-refractivity contribution in [3.8, 4) is 0 Å². The third-order valence-corrected chi connectivity index (χ3v) is 4.17. The van der Waals surface area contributed by atoms with Gasteiger partial charge in [0.15, 0.2) is 0 Å². The molecule has 5 nitrogen and oxygen atoms in total. The van der Waals surface area contributed by atoms with Gasteiger partial charge in [-0.15, -0.1) is 0 Å². The van der Waals surface area contributed by atoms with Gasteiger partial charge in [-0.1, -0.05) is 60.7 Å². The Bertz CT molecular complexity index is 703. The summed E-state index contributed by atoms with van der Waals surface area (Å²) >= 11 is 0. The molecular weight excluding hydrogens is 304 g/mol. The number of hydrogen-bond acceptors (Lipinski definition) is 3. The molecule has 1 saturated heterocycles. The van der Waals surface area contributed by atoms with Gasteiger partial charge in [-0.2, -0.15) is 0 Å². The summed E-state index contributed by atoms with van der Waals surface area (Å²) in [7, 11) is 1.35. The summed E-state index contributed by atoms with van der Waals surface area (Å²) in [5.74, 6) is -0.380. The van der Waals surface area contributed by atoms with E-state index in [1.165, 1.54) is 7.11 Å². The molecule has 0 bridgehead atoms. The topological polar surface area (TPSA) is 49.9 Å². The molecule has 0 unspecified atom stereocenters. The van der Waals surface area contributed by atoms with Gasteiger partial charge in [-0.05, 0) is 11.1 Å². The van der Waals surface area contributed by atoms with Gasteiger partial charge in [-0.3, -0.25) is 0 Å². The van der Waals surface area contributed by atoms with E-state index in [4.69, 9.17) is 4.74 Å². The zero-order valence-electron chi connectivity index (χ0n) is 13.6. The second kappa shape index (κ2) is 7.17. The molecule has 0 saturated carbocycles. The van der Waals surface area contributed by atoms with Crippen molar-refractivity contribution in [3.63, 3.8) is 0 Å². The third-order valence-electron chi connectivity index (χ3n) is 4.17. The lowest BCUT2D eigenvalue weighted by Gasteiger charge is -2.21. The van der Waals surface area contributed by atoms with Crippen molar-refractivity contribution >= 4 is 12.0 Å². The van der Waals surface area contributed by atoms with Gasteiger partial charge in [-0.25, -0.2) is 9.59 Å². The van der Waals surface area contributed by atoms with Gasteiger partial charge in [0.2, 0.25) is 0 Å². The summed E-state index contributed by atoms with van der Waals surface area (Å²) in [6, 6.07) is 18.7. The fourth-order valence-corrected chi connectivity index (χ4v) is 2.93. The Labute approximate surface area is 141 Å². The van der Waals surface area contributed by atoms with Crippen LogP contribution >= 0.6 is 0 Å². The summed E-state index contributed by atoms with van der Waals surface area (Å²) in [5.41, 5.74) is 2.03. The van der Waals surface area contributed by atoms with Crippen LogP contribution in [-0.4, -0.2) is 41.5 Å².